The van der Waals surface area contributed by atoms with Gasteiger partial charge in [0.1, 0.15) is 0 Å². The van der Waals surface area contributed by atoms with Gasteiger partial charge in [0.15, 0.2) is 0 Å². The van der Waals surface area contributed by atoms with Gasteiger partial charge in [-0.15, -0.1) is 0 Å². The van der Waals surface area contributed by atoms with Crippen molar-refractivity contribution in [1.29, 1.82) is 0 Å². The number of nitrogens with one attached hydrogen (secondary N) is 1. The number of carbonyl (C=O) groups excluding carboxylic acids is 1. The Morgan fingerprint density at radius 1 is 1.41 bits per heavy atom. The maximum Gasteiger partial charge on any atom is 0.414 e. The van der Waals surface area contributed by atoms with Crippen LogP contribution in [0, 0.1) is 0 Å². The van der Waals surface area contributed by atoms with Gasteiger partial charge in [-0.25, -0.2) is 19.6 Å². The fraction of sp³-hybridized carbons (Fsp3) is 0.400. The average Bonchev–Trinajstić information content (AvgIpc) is 2.30. The van der Waals surface area contributed by atoms with E-state index in [9.17, 15) is 9.59 Å². The number of hydrogen-bond acceptors (Lipinski definition) is 5. The molecule has 0 aliphatic rings. The highest BCUT2D eigenvalue weighted by Gasteiger charge is 2.07. The Morgan fingerprint density at radius 2 is 2.06 bits per heavy atom. The molecule has 0 radical (unpaired) electrons. The molecule has 0 fully saturated rings. The first-order valence-corrected chi connectivity index (χ1v) is 5.12. The van der Waals surface area contributed by atoms with Crippen LogP contribution >= 0.6 is 0 Å². The van der Waals surface area contributed by atoms with Crippen LogP contribution in [0.25, 0.3) is 0 Å². The van der Waals surface area contributed by atoms with E-state index in [-0.39, 0.29) is 11.5 Å². The highest BCUT2D eigenvalue weighted by atomic mass is 16.5. The van der Waals surface area contributed by atoms with Crippen LogP contribution < -0.4 is 5.32 Å². The first-order chi connectivity index (χ1) is 8.13. The number of aromatic nitrogens is 2. The minimum Gasteiger partial charge on any atom is -0.478 e. The molecule has 1 amide bonds. The summed E-state index contributed by atoms with van der Waals surface area (Å²) in [5.74, 6) is -1.11. The first-order valence-electron chi connectivity index (χ1n) is 5.12. The zero-order chi connectivity index (χ0) is 12.7. The highest BCUT2D eigenvalue weighted by molar-refractivity contribution is 5.87. The third-order valence-electron chi connectivity index (χ3n) is 1.84. The van der Waals surface area contributed by atoms with E-state index in [0.29, 0.717) is 6.61 Å². The number of carbonyl (C=O) groups is 2. The standard InChI is InChI=1S/C10H13N3O4/c1-2-3-4-17-10(16)13-9-11-5-7(6-12-9)8(14)15/h5-6H,2-4H2,1H3,(H,14,15)(H,11,12,13,16). The normalized spacial score (nSPS) is 9.71. The Hall–Kier alpha value is -2.18. The van der Waals surface area contributed by atoms with Crippen molar-refractivity contribution >= 4 is 18.0 Å². The number of nitrogens with zero attached hydrogens (tertiary/aromatic N) is 2. The molecular formula is C10H13N3O4. The number of anilines is 1. The lowest BCUT2D eigenvalue weighted by Gasteiger charge is -2.04. The molecule has 1 rings (SSSR count). The van der Waals surface area contributed by atoms with Crippen LogP contribution in [0.5, 0.6) is 0 Å². The summed E-state index contributed by atoms with van der Waals surface area (Å²) >= 11 is 0. The SMILES string of the molecule is CCCCOC(=O)Nc1ncc(C(=O)O)cn1. The summed E-state index contributed by atoms with van der Waals surface area (Å²) < 4.78 is 4.82. The predicted octanol–water partition coefficient (Wildman–Crippen LogP) is 1.52. The third-order valence-corrected chi connectivity index (χ3v) is 1.84. The van der Waals surface area contributed by atoms with E-state index in [1.54, 1.807) is 0 Å². The smallest absolute Gasteiger partial charge is 0.414 e. The molecule has 0 saturated heterocycles. The van der Waals surface area contributed by atoms with E-state index < -0.39 is 12.1 Å². The molecule has 0 saturated carbocycles. The lowest BCUT2D eigenvalue weighted by molar-refractivity contribution is 0.0696. The van der Waals surface area contributed by atoms with Crippen LogP contribution in [0.4, 0.5) is 10.7 Å². The van der Waals surface area contributed by atoms with Crippen molar-refractivity contribution in [2.75, 3.05) is 11.9 Å². The summed E-state index contributed by atoms with van der Waals surface area (Å²) in [4.78, 5) is 29.0. The predicted molar refractivity (Wildman–Crippen MR) is 58.9 cm³/mol. The molecule has 7 nitrogen and oxygen atoms in total. The molecule has 1 heterocycles. The topological polar surface area (TPSA) is 101 Å². The van der Waals surface area contributed by atoms with Gasteiger partial charge in [0.05, 0.1) is 12.2 Å². The summed E-state index contributed by atoms with van der Waals surface area (Å²) in [6.07, 6.45) is 3.28. The van der Waals surface area contributed by atoms with Gasteiger partial charge < -0.3 is 9.84 Å². The monoisotopic (exact) mass is 239 g/mol. The van der Waals surface area contributed by atoms with E-state index in [4.69, 9.17) is 9.84 Å². The van der Waals surface area contributed by atoms with Crippen molar-refractivity contribution in [3.63, 3.8) is 0 Å². The third kappa shape index (κ3) is 4.45. The number of unbranched alkanes of at least 4 members (excludes halogenated alkanes) is 1. The average molecular weight is 239 g/mol. The van der Waals surface area contributed by atoms with Crippen LogP contribution in [0.1, 0.15) is 30.1 Å². The van der Waals surface area contributed by atoms with Gasteiger partial charge >= 0.3 is 12.1 Å². The largest absolute Gasteiger partial charge is 0.478 e. The Balaban J connectivity index is 2.46. The highest BCUT2D eigenvalue weighted by Crippen LogP contribution is 2.01. The van der Waals surface area contributed by atoms with Crippen molar-refractivity contribution < 1.29 is 19.4 Å². The Labute approximate surface area is 97.8 Å². The van der Waals surface area contributed by atoms with Crippen molar-refractivity contribution in [2.24, 2.45) is 0 Å². The second-order valence-corrected chi connectivity index (χ2v) is 3.21. The minimum absolute atomic E-state index is 0.0106. The maximum absolute atomic E-state index is 11.2. The molecule has 0 aromatic carbocycles. The molecule has 1 aromatic rings. The second kappa shape index (κ2) is 6.41. The zero-order valence-electron chi connectivity index (χ0n) is 9.34. The lowest BCUT2D eigenvalue weighted by atomic mass is 10.3. The quantitative estimate of drug-likeness (QED) is 0.755. The van der Waals surface area contributed by atoms with Crippen LogP contribution in [-0.4, -0.2) is 33.7 Å². The molecule has 1 aromatic heterocycles. The fourth-order valence-corrected chi connectivity index (χ4v) is 0.940. The van der Waals surface area contributed by atoms with Crippen LogP contribution in [0.2, 0.25) is 0 Å². The molecule has 0 bridgehead atoms. The lowest BCUT2D eigenvalue weighted by Crippen LogP contribution is -2.16. The van der Waals surface area contributed by atoms with Crippen molar-refractivity contribution in [2.45, 2.75) is 19.8 Å². The van der Waals surface area contributed by atoms with Crippen molar-refractivity contribution in [3.8, 4) is 0 Å². The second-order valence-electron chi connectivity index (χ2n) is 3.21. The van der Waals surface area contributed by atoms with Gasteiger partial charge in [0.25, 0.3) is 0 Å². The summed E-state index contributed by atoms with van der Waals surface area (Å²) in [6, 6.07) is 0. The van der Waals surface area contributed by atoms with Crippen LogP contribution in [0.15, 0.2) is 12.4 Å². The number of rotatable bonds is 5. The number of aromatic carboxylic acids is 1. The van der Waals surface area contributed by atoms with Gasteiger partial charge in [-0.1, -0.05) is 13.3 Å². The summed E-state index contributed by atoms with van der Waals surface area (Å²) in [5.41, 5.74) is -0.0464. The zero-order valence-corrected chi connectivity index (χ0v) is 9.34. The minimum atomic E-state index is -1.12. The van der Waals surface area contributed by atoms with E-state index >= 15 is 0 Å². The van der Waals surface area contributed by atoms with E-state index in [1.165, 1.54) is 0 Å². The molecule has 17 heavy (non-hydrogen) atoms. The van der Waals surface area contributed by atoms with E-state index in [2.05, 4.69) is 15.3 Å². The number of amides is 1. The van der Waals surface area contributed by atoms with Crippen molar-refractivity contribution in [1.82, 2.24) is 9.97 Å². The Kier molecular flexibility index (Phi) is 4.86. The number of ether oxygens (including phenoxy) is 1. The van der Waals surface area contributed by atoms with Crippen LogP contribution in [-0.2, 0) is 4.74 Å². The summed E-state index contributed by atoms with van der Waals surface area (Å²) in [5, 5.41) is 10.9. The Bertz CT molecular complexity index is 391. The van der Waals surface area contributed by atoms with Gasteiger partial charge in [0.2, 0.25) is 5.95 Å². The number of carboxylic acid groups (broad SMARTS) is 1. The summed E-state index contributed by atoms with van der Waals surface area (Å²) in [6.45, 7) is 2.31. The van der Waals surface area contributed by atoms with Crippen LogP contribution in [0.3, 0.4) is 0 Å². The van der Waals surface area contributed by atoms with Gasteiger partial charge in [0, 0.05) is 12.4 Å². The van der Waals surface area contributed by atoms with E-state index in [1.807, 2.05) is 6.92 Å². The molecule has 2 N–H and O–H groups in total. The number of carboxylic acids is 1. The van der Waals surface area contributed by atoms with Crippen molar-refractivity contribution in [3.05, 3.63) is 18.0 Å². The molecule has 0 aliphatic heterocycles. The first kappa shape index (κ1) is 12.9. The molecular weight excluding hydrogens is 226 g/mol. The molecule has 7 heteroatoms. The molecule has 0 aliphatic carbocycles. The maximum atomic E-state index is 11.2. The summed E-state index contributed by atoms with van der Waals surface area (Å²) in [7, 11) is 0. The molecule has 0 unspecified atom stereocenters. The van der Waals surface area contributed by atoms with Gasteiger partial charge in [-0.3, -0.25) is 5.32 Å². The number of hydrogen-bond donors (Lipinski definition) is 2. The van der Waals surface area contributed by atoms with Gasteiger partial charge in [-0.05, 0) is 6.42 Å². The molecule has 92 valence electrons. The molecule has 0 spiro atoms. The van der Waals surface area contributed by atoms with E-state index in [0.717, 1.165) is 25.2 Å². The fourth-order valence-electron chi connectivity index (χ4n) is 0.940. The Morgan fingerprint density at radius 3 is 2.59 bits per heavy atom. The molecule has 0 atom stereocenters. The van der Waals surface area contributed by atoms with Gasteiger partial charge in [-0.2, -0.15) is 0 Å².